The Kier molecular flexibility index (Phi) is 4.08. The lowest BCUT2D eigenvalue weighted by Crippen LogP contribution is -2.34. The van der Waals surface area contributed by atoms with Crippen molar-refractivity contribution in [2.45, 2.75) is 11.3 Å². The van der Waals surface area contributed by atoms with Crippen LogP contribution in [0.15, 0.2) is 23.2 Å². The lowest BCUT2D eigenvalue weighted by atomic mass is 10.4. The first-order valence-corrected chi connectivity index (χ1v) is 9.19. The van der Waals surface area contributed by atoms with Gasteiger partial charge in [0.2, 0.25) is 10.0 Å². The van der Waals surface area contributed by atoms with Gasteiger partial charge in [-0.3, -0.25) is 0 Å². The average molecular weight is 315 g/mol. The molecule has 0 bridgehead atoms. The van der Waals surface area contributed by atoms with Crippen LogP contribution in [-0.4, -0.2) is 50.7 Å². The lowest BCUT2D eigenvalue weighted by Gasteiger charge is -2.19. The van der Waals surface area contributed by atoms with Crippen molar-refractivity contribution in [2.24, 2.45) is 0 Å². The van der Waals surface area contributed by atoms with E-state index in [4.69, 9.17) is 5.26 Å². The number of nitrogens with zero attached hydrogens (tertiary/aromatic N) is 3. The summed E-state index contributed by atoms with van der Waals surface area (Å²) in [6.45, 7) is 0.0335. The zero-order valence-corrected chi connectivity index (χ0v) is 12.2. The molecule has 2 rings (SSSR count). The third-order valence-corrected chi connectivity index (χ3v) is 6.65. The minimum atomic E-state index is -3.89. The largest absolute Gasteiger partial charge is 0.245 e. The summed E-state index contributed by atoms with van der Waals surface area (Å²) >= 11 is 0. The van der Waals surface area contributed by atoms with Crippen LogP contribution in [0.1, 0.15) is 12.1 Å². The molecule has 1 aliphatic heterocycles. The van der Waals surface area contributed by atoms with Crippen molar-refractivity contribution in [3.05, 3.63) is 24.0 Å². The van der Waals surface area contributed by atoms with Crippen LogP contribution in [0.2, 0.25) is 0 Å². The fourth-order valence-corrected chi connectivity index (χ4v) is 4.94. The highest BCUT2D eigenvalue weighted by molar-refractivity contribution is 7.91. The molecule has 0 radical (unpaired) electrons. The Bertz CT molecular complexity index is 750. The maximum Gasteiger partial charge on any atom is 0.245 e. The van der Waals surface area contributed by atoms with Gasteiger partial charge in [-0.25, -0.2) is 21.8 Å². The predicted molar refractivity (Wildman–Crippen MR) is 71.0 cm³/mol. The Morgan fingerprint density at radius 3 is 2.75 bits per heavy atom. The molecular weight excluding hydrogens is 302 g/mol. The van der Waals surface area contributed by atoms with Crippen molar-refractivity contribution in [3.63, 3.8) is 0 Å². The summed E-state index contributed by atoms with van der Waals surface area (Å²) in [4.78, 5) is 3.55. The zero-order valence-electron chi connectivity index (χ0n) is 10.6. The summed E-state index contributed by atoms with van der Waals surface area (Å²) in [5.74, 6) is -0.217. The Hall–Kier alpha value is -1.50. The molecule has 0 saturated carbocycles. The van der Waals surface area contributed by atoms with Crippen LogP contribution in [0.3, 0.4) is 0 Å². The van der Waals surface area contributed by atoms with Gasteiger partial charge in [0.25, 0.3) is 0 Å². The highest BCUT2D eigenvalue weighted by Crippen LogP contribution is 2.20. The highest BCUT2D eigenvalue weighted by Gasteiger charge is 2.30. The van der Waals surface area contributed by atoms with Gasteiger partial charge in [-0.05, 0) is 18.6 Å². The molecule has 0 aliphatic carbocycles. The minimum absolute atomic E-state index is 0.0167. The van der Waals surface area contributed by atoms with Crippen LogP contribution in [0, 0.1) is 11.3 Å². The van der Waals surface area contributed by atoms with Crippen LogP contribution in [0.5, 0.6) is 0 Å². The van der Waals surface area contributed by atoms with Crippen molar-refractivity contribution in [2.75, 3.05) is 24.6 Å². The van der Waals surface area contributed by atoms with E-state index < -0.39 is 19.9 Å². The average Bonchev–Trinajstić information content (AvgIpc) is 2.60. The van der Waals surface area contributed by atoms with E-state index in [0.29, 0.717) is 0 Å². The lowest BCUT2D eigenvalue weighted by molar-refractivity contribution is 0.434. The minimum Gasteiger partial charge on any atom is -0.244 e. The molecule has 0 unspecified atom stereocenters. The van der Waals surface area contributed by atoms with Crippen molar-refractivity contribution < 1.29 is 16.8 Å². The van der Waals surface area contributed by atoms with Crippen molar-refractivity contribution >= 4 is 19.9 Å². The number of hydrogen-bond acceptors (Lipinski definition) is 6. The van der Waals surface area contributed by atoms with E-state index in [-0.39, 0.29) is 41.6 Å². The maximum absolute atomic E-state index is 12.5. The Morgan fingerprint density at radius 1 is 1.30 bits per heavy atom. The summed E-state index contributed by atoms with van der Waals surface area (Å²) < 4.78 is 49.1. The van der Waals surface area contributed by atoms with Gasteiger partial charge in [0, 0.05) is 19.3 Å². The first kappa shape index (κ1) is 14.9. The van der Waals surface area contributed by atoms with E-state index in [9.17, 15) is 16.8 Å². The molecule has 0 aromatic carbocycles. The molecule has 2 heterocycles. The normalized spacial score (nSPS) is 19.9. The molecular formula is C11H13N3O4S2. The standard InChI is InChI=1S/C11H13N3O4S2/c12-9-10-11(3-1-4-13-10)20(17,18)14-5-2-7-19(15,16)8-6-14/h1,3-4H,2,5-8H2. The van der Waals surface area contributed by atoms with E-state index in [1.165, 1.54) is 18.3 Å². The molecule has 0 spiro atoms. The van der Waals surface area contributed by atoms with Gasteiger partial charge in [-0.1, -0.05) is 0 Å². The zero-order chi connectivity index (χ0) is 14.8. The summed E-state index contributed by atoms with van der Waals surface area (Å²) in [6, 6.07) is 4.48. The number of pyridine rings is 1. The molecule has 1 aromatic heterocycles. The Morgan fingerprint density at radius 2 is 2.05 bits per heavy atom. The van der Waals surface area contributed by atoms with Gasteiger partial charge in [0.15, 0.2) is 15.5 Å². The molecule has 7 nitrogen and oxygen atoms in total. The third kappa shape index (κ3) is 2.98. The van der Waals surface area contributed by atoms with Crippen LogP contribution in [-0.2, 0) is 19.9 Å². The van der Waals surface area contributed by atoms with Gasteiger partial charge in [0.05, 0.1) is 11.5 Å². The molecule has 9 heteroatoms. The molecule has 1 saturated heterocycles. The Balaban J connectivity index is 2.38. The van der Waals surface area contributed by atoms with Crippen LogP contribution < -0.4 is 0 Å². The second-order valence-electron chi connectivity index (χ2n) is 4.37. The predicted octanol–water partition coefficient (Wildman–Crippen LogP) is -0.238. The van der Waals surface area contributed by atoms with Gasteiger partial charge in [0.1, 0.15) is 11.0 Å². The molecule has 108 valence electrons. The molecule has 1 aromatic rings. The van der Waals surface area contributed by atoms with Crippen molar-refractivity contribution in [1.82, 2.24) is 9.29 Å². The number of sulfone groups is 1. The molecule has 1 aliphatic rings. The third-order valence-electron chi connectivity index (χ3n) is 3.01. The highest BCUT2D eigenvalue weighted by atomic mass is 32.2. The van der Waals surface area contributed by atoms with E-state index >= 15 is 0 Å². The molecule has 20 heavy (non-hydrogen) atoms. The first-order valence-electron chi connectivity index (χ1n) is 5.92. The quantitative estimate of drug-likeness (QED) is 0.745. The number of nitriles is 1. The topological polar surface area (TPSA) is 108 Å². The van der Waals surface area contributed by atoms with Gasteiger partial charge in [-0.2, -0.15) is 9.57 Å². The summed E-state index contributed by atoms with van der Waals surface area (Å²) in [5.41, 5.74) is -0.181. The van der Waals surface area contributed by atoms with E-state index in [1.807, 2.05) is 0 Å². The smallest absolute Gasteiger partial charge is 0.244 e. The molecule has 0 atom stereocenters. The molecule has 0 N–H and O–H groups in total. The van der Waals surface area contributed by atoms with Crippen LogP contribution in [0.4, 0.5) is 0 Å². The van der Waals surface area contributed by atoms with Gasteiger partial charge in [-0.15, -0.1) is 0 Å². The second kappa shape index (κ2) is 5.47. The first-order chi connectivity index (χ1) is 9.37. The van der Waals surface area contributed by atoms with Crippen molar-refractivity contribution in [3.8, 4) is 6.07 Å². The maximum atomic E-state index is 12.5. The summed E-state index contributed by atoms with van der Waals surface area (Å²) in [7, 11) is -7.09. The van der Waals surface area contributed by atoms with Crippen LogP contribution >= 0.6 is 0 Å². The summed E-state index contributed by atoms with van der Waals surface area (Å²) in [6.07, 6.45) is 1.59. The monoisotopic (exact) mass is 315 g/mol. The number of hydrogen-bond donors (Lipinski definition) is 0. The number of sulfonamides is 1. The van der Waals surface area contributed by atoms with Gasteiger partial charge >= 0.3 is 0 Å². The molecule has 1 fully saturated rings. The summed E-state index contributed by atoms with van der Waals surface area (Å²) in [5, 5.41) is 8.93. The SMILES string of the molecule is N#Cc1ncccc1S(=O)(=O)N1CCCS(=O)(=O)CC1. The van der Waals surface area contributed by atoms with E-state index in [2.05, 4.69) is 4.98 Å². The van der Waals surface area contributed by atoms with Crippen molar-refractivity contribution in [1.29, 1.82) is 5.26 Å². The van der Waals surface area contributed by atoms with Crippen LogP contribution in [0.25, 0.3) is 0 Å². The number of aromatic nitrogens is 1. The Labute approximate surface area is 117 Å². The number of rotatable bonds is 2. The molecule has 0 amide bonds. The van der Waals surface area contributed by atoms with Gasteiger partial charge < -0.3 is 0 Å². The fourth-order valence-electron chi connectivity index (χ4n) is 1.98. The van der Waals surface area contributed by atoms with E-state index in [1.54, 1.807) is 6.07 Å². The van der Waals surface area contributed by atoms with E-state index in [0.717, 1.165) is 4.31 Å². The fraction of sp³-hybridized carbons (Fsp3) is 0.455. The second-order valence-corrected chi connectivity index (χ2v) is 8.58.